The highest BCUT2D eigenvalue weighted by Crippen LogP contribution is 2.35. The summed E-state index contributed by atoms with van der Waals surface area (Å²) in [6.07, 6.45) is 4.68. The van der Waals surface area contributed by atoms with Crippen LogP contribution in [0.15, 0.2) is 59.9 Å². The largest absolute Gasteiger partial charge is 0.392 e. The molecular formula is C24H26ClN3OS. The summed E-state index contributed by atoms with van der Waals surface area (Å²) < 4.78 is 0. The molecule has 0 unspecified atom stereocenters. The molecule has 30 heavy (non-hydrogen) atoms. The second-order valence-electron chi connectivity index (χ2n) is 7.89. The van der Waals surface area contributed by atoms with Crippen LogP contribution in [-0.2, 0) is 6.61 Å². The molecule has 3 heterocycles. The van der Waals surface area contributed by atoms with E-state index in [0.29, 0.717) is 16.2 Å². The van der Waals surface area contributed by atoms with E-state index in [1.54, 1.807) is 18.0 Å². The van der Waals surface area contributed by atoms with E-state index >= 15 is 0 Å². The molecule has 0 spiro atoms. The van der Waals surface area contributed by atoms with Crippen LogP contribution in [0.25, 0.3) is 11.3 Å². The molecule has 0 bridgehead atoms. The second-order valence-corrected chi connectivity index (χ2v) is 9.64. The van der Waals surface area contributed by atoms with Crippen molar-refractivity contribution in [3.63, 3.8) is 0 Å². The Morgan fingerprint density at radius 3 is 2.73 bits per heavy atom. The first-order chi connectivity index (χ1) is 14.5. The fraction of sp³-hybridized carbons (Fsp3) is 0.333. The summed E-state index contributed by atoms with van der Waals surface area (Å²) in [5.41, 5.74) is 5.28. The number of aliphatic hydroxyl groups excluding tert-OH is 1. The number of hydrogen-bond donors (Lipinski definition) is 1. The maximum Gasteiger partial charge on any atom is 0.0964 e. The summed E-state index contributed by atoms with van der Waals surface area (Å²) in [7, 11) is 0. The van der Waals surface area contributed by atoms with Crippen molar-refractivity contribution < 1.29 is 5.11 Å². The fourth-order valence-electron chi connectivity index (χ4n) is 3.93. The number of hydrogen-bond acceptors (Lipinski definition) is 5. The lowest BCUT2D eigenvalue weighted by Gasteiger charge is -2.22. The zero-order valence-electron chi connectivity index (χ0n) is 17.3. The molecule has 0 radical (unpaired) electrons. The van der Waals surface area contributed by atoms with E-state index in [2.05, 4.69) is 41.9 Å². The molecule has 0 amide bonds. The molecule has 1 saturated heterocycles. The highest BCUT2D eigenvalue weighted by atomic mass is 35.5. The maximum absolute atomic E-state index is 10.1. The van der Waals surface area contributed by atoms with E-state index in [1.165, 1.54) is 5.56 Å². The number of aliphatic hydroxyl groups is 1. The van der Waals surface area contributed by atoms with Crippen LogP contribution >= 0.6 is 23.4 Å². The molecule has 1 atom stereocenters. The molecule has 1 aliphatic rings. The number of nitrogens with zero attached hydrogens (tertiary/aromatic N) is 3. The smallest absolute Gasteiger partial charge is 0.0964 e. The topological polar surface area (TPSA) is 49.2 Å². The third-order valence-corrected chi connectivity index (χ3v) is 6.89. The van der Waals surface area contributed by atoms with Gasteiger partial charge in [0, 0.05) is 35.7 Å². The first kappa shape index (κ1) is 21.2. The summed E-state index contributed by atoms with van der Waals surface area (Å²) >= 11 is 7.72. The summed E-state index contributed by atoms with van der Waals surface area (Å²) in [5.74, 6) is 0.415. The molecule has 6 heteroatoms. The van der Waals surface area contributed by atoms with Gasteiger partial charge in [0.05, 0.1) is 34.2 Å². The number of pyridine rings is 2. The number of rotatable bonds is 6. The van der Waals surface area contributed by atoms with E-state index in [-0.39, 0.29) is 6.61 Å². The molecule has 0 aliphatic carbocycles. The molecule has 0 saturated carbocycles. The molecule has 1 aromatic carbocycles. The molecule has 1 aliphatic heterocycles. The highest BCUT2D eigenvalue weighted by molar-refractivity contribution is 7.99. The predicted molar refractivity (Wildman–Crippen MR) is 125 cm³/mol. The van der Waals surface area contributed by atoms with Crippen molar-refractivity contribution in [1.29, 1.82) is 0 Å². The van der Waals surface area contributed by atoms with Gasteiger partial charge in [0.2, 0.25) is 0 Å². The van der Waals surface area contributed by atoms with Crippen LogP contribution in [-0.4, -0.2) is 33.4 Å². The maximum atomic E-state index is 10.1. The van der Waals surface area contributed by atoms with Gasteiger partial charge < -0.3 is 10.0 Å². The Bertz CT molecular complexity index is 1010. The highest BCUT2D eigenvalue weighted by Gasteiger charge is 2.26. The zero-order chi connectivity index (χ0) is 21.1. The Morgan fingerprint density at radius 2 is 2.00 bits per heavy atom. The van der Waals surface area contributed by atoms with Crippen molar-refractivity contribution in [2.45, 2.75) is 43.1 Å². The van der Waals surface area contributed by atoms with Crippen molar-refractivity contribution in [3.05, 3.63) is 71.0 Å². The number of benzene rings is 1. The average Bonchev–Trinajstić information content (AvgIpc) is 3.23. The van der Waals surface area contributed by atoms with Crippen LogP contribution in [0.1, 0.15) is 37.3 Å². The Labute approximate surface area is 187 Å². The van der Waals surface area contributed by atoms with Gasteiger partial charge in [-0.05, 0) is 36.1 Å². The van der Waals surface area contributed by atoms with Crippen LogP contribution in [0, 0.1) is 0 Å². The van der Waals surface area contributed by atoms with E-state index in [1.807, 2.05) is 30.5 Å². The van der Waals surface area contributed by atoms with Crippen molar-refractivity contribution >= 4 is 29.1 Å². The van der Waals surface area contributed by atoms with Crippen LogP contribution in [0.2, 0.25) is 5.02 Å². The predicted octanol–water partition coefficient (Wildman–Crippen LogP) is 5.78. The Hall–Kier alpha value is -2.08. The first-order valence-corrected chi connectivity index (χ1v) is 11.5. The molecule has 3 aromatic rings. The van der Waals surface area contributed by atoms with E-state index in [4.69, 9.17) is 16.6 Å². The van der Waals surface area contributed by atoms with Gasteiger partial charge in [0.25, 0.3) is 0 Å². The second kappa shape index (κ2) is 9.38. The Balaban J connectivity index is 1.53. The molecule has 1 N–H and O–H groups in total. The van der Waals surface area contributed by atoms with Crippen LogP contribution in [0.5, 0.6) is 0 Å². The number of thioether (sulfide) groups is 1. The normalized spacial score (nSPS) is 16.4. The van der Waals surface area contributed by atoms with Gasteiger partial charge in [0.1, 0.15) is 0 Å². The SMILES string of the molecule is CC(C)c1ccccc1-c1cc(CO)c(N2CC[C@H](Sc3ccc(Cl)cn3)C2)cn1. The minimum absolute atomic E-state index is 0.00173. The lowest BCUT2D eigenvalue weighted by molar-refractivity contribution is 0.282. The fourth-order valence-corrected chi connectivity index (χ4v) is 5.12. The first-order valence-electron chi connectivity index (χ1n) is 10.3. The number of anilines is 1. The summed E-state index contributed by atoms with van der Waals surface area (Å²) in [6.45, 7) is 6.24. The quantitative estimate of drug-likeness (QED) is 0.527. The van der Waals surface area contributed by atoms with Gasteiger partial charge >= 0.3 is 0 Å². The van der Waals surface area contributed by atoms with Gasteiger partial charge in [-0.1, -0.05) is 49.7 Å². The number of aromatic nitrogens is 2. The standard InChI is InChI=1S/C24H26ClN3OS/c1-16(2)20-5-3-4-6-21(20)22-11-17(15-29)23(13-26-22)28-10-9-19(14-28)30-24-8-7-18(25)12-27-24/h3-8,11-13,16,19,29H,9-10,14-15H2,1-2H3/t19-/m0/s1. The Kier molecular flexibility index (Phi) is 6.61. The minimum Gasteiger partial charge on any atom is -0.392 e. The monoisotopic (exact) mass is 439 g/mol. The lowest BCUT2D eigenvalue weighted by atomic mass is 9.94. The van der Waals surface area contributed by atoms with Gasteiger partial charge in [-0.3, -0.25) is 4.98 Å². The van der Waals surface area contributed by atoms with Gasteiger partial charge in [0.15, 0.2) is 0 Å². The van der Waals surface area contributed by atoms with Crippen molar-refractivity contribution in [2.75, 3.05) is 18.0 Å². The zero-order valence-corrected chi connectivity index (χ0v) is 18.8. The molecule has 156 valence electrons. The van der Waals surface area contributed by atoms with Gasteiger partial charge in [-0.2, -0.15) is 0 Å². The molecule has 1 fully saturated rings. The molecule has 4 nitrogen and oxygen atoms in total. The molecule has 4 rings (SSSR count). The summed E-state index contributed by atoms with van der Waals surface area (Å²) in [6, 6.07) is 14.3. The van der Waals surface area contributed by atoms with Crippen molar-refractivity contribution in [3.8, 4) is 11.3 Å². The van der Waals surface area contributed by atoms with Gasteiger partial charge in [-0.25, -0.2) is 4.98 Å². The van der Waals surface area contributed by atoms with E-state index in [9.17, 15) is 5.11 Å². The molecule has 2 aromatic heterocycles. The van der Waals surface area contributed by atoms with Crippen LogP contribution in [0.4, 0.5) is 5.69 Å². The average molecular weight is 440 g/mol. The summed E-state index contributed by atoms with van der Waals surface area (Å²) in [5, 5.41) is 12.2. The lowest BCUT2D eigenvalue weighted by Crippen LogP contribution is -2.22. The van der Waals surface area contributed by atoms with Crippen molar-refractivity contribution in [2.24, 2.45) is 0 Å². The van der Waals surface area contributed by atoms with E-state index < -0.39 is 0 Å². The van der Waals surface area contributed by atoms with Crippen molar-refractivity contribution in [1.82, 2.24) is 9.97 Å². The summed E-state index contributed by atoms with van der Waals surface area (Å²) in [4.78, 5) is 11.5. The van der Waals surface area contributed by atoms with E-state index in [0.717, 1.165) is 47.0 Å². The third kappa shape index (κ3) is 4.64. The Morgan fingerprint density at radius 1 is 1.17 bits per heavy atom. The molecular weight excluding hydrogens is 414 g/mol. The van der Waals surface area contributed by atoms with Crippen LogP contribution < -0.4 is 4.90 Å². The number of halogens is 1. The van der Waals surface area contributed by atoms with Crippen LogP contribution in [0.3, 0.4) is 0 Å². The third-order valence-electron chi connectivity index (χ3n) is 5.47. The minimum atomic E-state index is 0.00173. The van der Waals surface area contributed by atoms with Gasteiger partial charge in [-0.15, -0.1) is 11.8 Å².